The summed E-state index contributed by atoms with van der Waals surface area (Å²) in [5.74, 6) is 0.146. The molecule has 7 heteroatoms. The smallest absolute Gasteiger partial charge is 0.360 e. The van der Waals surface area contributed by atoms with Crippen molar-refractivity contribution in [3.8, 4) is 0 Å². The summed E-state index contributed by atoms with van der Waals surface area (Å²) in [5, 5.41) is 6.62. The van der Waals surface area contributed by atoms with Crippen LogP contribution in [-0.2, 0) is 11.3 Å². The van der Waals surface area contributed by atoms with Crippen molar-refractivity contribution in [2.45, 2.75) is 20.4 Å². The van der Waals surface area contributed by atoms with Crippen molar-refractivity contribution < 1.29 is 18.5 Å². The van der Waals surface area contributed by atoms with Gasteiger partial charge in [-0.3, -0.25) is 0 Å². The molecule has 0 aliphatic carbocycles. The number of hydrogen-bond donors (Lipinski definition) is 1. The topological polar surface area (TPSA) is 90.4 Å². The van der Waals surface area contributed by atoms with Crippen LogP contribution < -0.4 is 5.32 Å². The molecule has 2 aromatic heterocycles. The van der Waals surface area contributed by atoms with Crippen LogP contribution in [-0.4, -0.2) is 22.7 Å². The van der Waals surface area contributed by atoms with Gasteiger partial charge in [0.15, 0.2) is 11.5 Å². The van der Waals surface area contributed by atoms with E-state index in [1.807, 2.05) is 6.92 Å². The summed E-state index contributed by atoms with van der Waals surface area (Å²) >= 11 is 0. The van der Waals surface area contributed by atoms with Crippen LogP contribution in [0, 0.1) is 6.92 Å². The maximum Gasteiger partial charge on any atom is 0.360 e. The number of aromatic nitrogens is 2. The standard InChI is InChI=1S/C11H13N3O4/c1-3-16-10(15)9-6-17-11(13-9)12-5-8-4-7(2)14-18-8/h4,6H,3,5H2,1-2H3,(H,12,13). The zero-order valence-electron chi connectivity index (χ0n) is 10.1. The summed E-state index contributed by atoms with van der Waals surface area (Å²) < 4.78 is 14.9. The van der Waals surface area contributed by atoms with E-state index in [0.717, 1.165) is 5.69 Å². The van der Waals surface area contributed by atoms with E-state index >= 15 is 0 Å². The highest BCUT2D eigenvalue weighted by Crippen LogP contribution is 2.11. The van der Waals surface area contributed by atoms with Gasteiger partial charge in [0, 0.05) is 6.07 Å². The van der Waals surface area contributed by atoms with Crippen molar-refractivity contribution in [2.75, 3.05) is 11.9 Å². The Hall–Kier alpha value is -2.31. The number of rotatable bonds is 5. The summed E-state index contributed by atoms with van der Waals surface area (Å²) in [6.07, 6.45) is 1.24. The summed E-state index contributed by atoms with van der Waals surface area (Å²) in [4.78, 5) is 15.3. The number of anilines is 1. The van der Waals surface area contributed by atoms with Gasteiger partial charge < -0.3 is 19.0 Å². The minimum atomic E-state index is -0.509. The highest BCUT2D eigenvalue weighted by atomic mass is 16.5. The van der Waals surface area contributed by atoms with E-state index in [-0.39, 0.29) is 11.7 Å². The molecular formula is C11H13N3O4. The van der Waals surface area contributed by atoms with Gasteiger partial charge in [-0.25, -0.2) is 4.79 Å². The molecule has 0 fully saturated rings. The van der Waals surface area contributed by atoms with Gasteiger partial charge in [0.05, 0.1) is 18.8 Å². The first-order valence-electron chi connectivity index (χ1n) is 5.47. The van der Waals surface area contributed by atoms with Gasteiger partial charge in [0.1, 0.15) is 6.26 Å². The van der Waals surface area contributed by atoms with Crippen LogP contribution in [0.1, 0.15) is 28.9 Å². The fraction of sp³-hybridized carbons (Fsp3) is 0.364. The maximum atomic E-state index is 11.3. The minimum absolute atomic E-state index is 0.133. The third-order valence-electron chi connectivity index (χ3n) is 2.08. The van der Waals surface area contributed by atoms with E-state index in [9.17, 15) is 4.79 Å². The van der Waals surface area contributed by atoms with Crippen LogP contribution in [0.4, 0.5) is 6.01 Å². The molecule has 2 rings (SSSR count). The first-order valence-corrected chi connectivity index (χ1v) is 5.47. The molecule has 0 aromatic carbocycles. The quantitative estimate of drug-likeness (QED) is 0.809. The van der Waals surface area contributed by atoms with Crippen molar-refractivity contribution in [1.29, 1.82) is 0 Å². The summed E-state index contributed by atoms with van der Waals surface area (Å²) in [6.45, 7) is 4.23. The van der Waals surface area contributed by atoms with Crippen molar-refractivity contribution in [3.05, 3.63) is 29.5 Å². The predicted molar refractivity (Wildman–Crippen MR) is 61.0 cm³/mol. The predicted octanol–water partition coefficient (Wildman–Crippen LogP) is 1.76. The number of esters is 1. The van der Waals surface area contributed by atoms with Crippen LogP contribution >= 0.6 is 0 Å². The molecule has 0 spiro atoms. The van der Waals surface area contributed by atoms with E-state index in [4.69, 9.17) is 13.7 Å². The lowest BCUT2D eigenvalue weighted by Gasteiger charge is -1.96. The van der Waals surface area contributed by atoms with Crippen molar-refractivity contribution >= 4 is 12.0 Å². The Morgan fingerprint density at radius 3 is 3.06 bits per heavy atom. The lowest BCUT2D eigenvalue weighted by Crippen LogP contribution is -2.05. The summed E-state index contributed by atoms with van der Waals surface area (Å²) in [6, 6.07) is 2.02. The van der Waals surface area contributed by atoms with Gasteiger partial charge in [0.25, 0.3) is 6.01 Å². The highest BCUT2D eigenvalue weighted by molar-refractivity contribution is 5.87. The average Bonchev–Trinajstić information content (AvgIpc) is 2.95. The Bertz CT molecular complexity index is 532. The molecule has 0 aliphatic rings. The third-order valence-corrected chi connectivity index (χ3v) is 2.08. The van der Waals surface area contributed by atoms with Crippen LogP contribution in [0.15, 0.2) is 21.3 Å². The third kappa shape index (κ3) is 2.88. The summed E-state index contributed by atoms with van der Waals surface area (Å²) in [5.41, 5.74) is 0.930. The number of ether oxygens (including phenoxy) is 1. The Labute approximate surface area is 103 Å². The second-order valence-corrected chi connectivity index (χ2v) is 3.55. The zero-order chi connectivity index (χ0) is 13.0. The molecule has 0 atom stereocenters. The molecule has 0 saturated carbocycles. The zero-order valence-corrected chi connectivity index (χ0v) is 10.1. The number of oxazole rings is 1. The maximum absolute atomic E-state index is 11.3. The second-order valence-electron chi connectivity index (χ2n) is 3.55. The van der Waals surface area contributed by atoms with E-state index in [1.54, 1.807) is 13.0 Å². The Kier molecular flexibility index (Phi) is 3.61. The highest BCUT2D eigenvalue weighted by Gasteiger charge is 2.13. The van der Waals surface area contributed by atoms with Gasteiger partial charge in [-0.2, -0.15) is 4.98 Å². The number of nitrogens with one attached hydrogen (secondary N) is 1. The molecule has 0 aliphatic heterocycles. The normalized spacial score (nSPS) is 10.3. The molecule has 7 nitrogen and oxygen atoms in total. The molecule has 1 N–H and O–H groups in total. The van der Waals surface area contributed by atoms with Crippen LogP contribution in [0.3, 0.4) is 0 Å². The Balaban J connectivity index is 1.92. The molecule has 96 valence electrons. The van der Waals surface area contributed by atoms with Gasteiger partial charge >= 0.3 is 5.97 Å². The van der Waals surface area contributed by atoms with Crippen molar-refractivity contribution in [1.82, 2.24) is 10.1 Å². The lowest BCUT2D eigenvalue weighted by atomic mass is 10.4. The van der Waals surface area contributed by atoms with Crippen LogP contribution in [0.2, 0.25) is 0 Å². The Morgan fingerprint density at radius 1 is 1.56 bits per heavy atom. The number of carbonyl (C=O) groups is 1. The number of aryl methyl sites for hydroxylation is 1. The monoisotopic (exact) mass is 251 g/mol. The fourth-order valence-corrected chi connectivity index (χ4v) is 1.32. The molecule has 0 radical (unpaired) electrons. The molecule has 0 saturated heterocycles. The number of hydrogen-bond acceptors (Lipinski definition) is 7. The Morgan fingerprint density at radius 2 is 2.39 bits per heavy atom. The van der Waals surface area contributed by atoms with E-state index in [0.29, 0.717) is 18.9 Å². The van der Waals surface area contributed by atoms with E-state index < -0.39 is 5.97 Å². The fourth-order valence-electron chi connectivity index (χ4n) is 1.32. The largest absolute Gasteiger partial charge is 0.461 e. The second kappa shape index (κ2) is 5.35. The lowest BCUT2D eigenvalue weighted by molar-refractivity contribution is 0.0519. The van der Waals surface area contributed by atoms with Gasteiger partial charge in [-0.15, -0.1) is 0 Å². The van der Waals surface area contributed by atoms with Crippen LogP contribution in [0.5, 0.6) is 0 Å². The van der Waals surface area contributed by atoms with Crippen molar-refractivity contribution in [3.63, 3.8) is 0 Å². The van der Waals surface area contributed by atoms with Crippen molar-refractivity contribution in [2.24, 2.45) is 0 Å². The molecule has 0 bridgehead atoms. The number of nitrogens with zero attached hydrogens (tertiary/aromatic N) is 2. The molecule has 18 heavy (non-hydrogen) atoms. The SMILES string of the molecule is CCOC(=O)c1coc(NCc2cc(C)no2)n1. The summed E-state index contributed by atoms with van der Waals surface area (Å²) in [7, 11) is 0. The van der Waals surface area contributed by atoms with Crippen LogP contribution in [0.25, 0.3) is 0 Å². The molecular weight excluding hydrogens is 238 g/mol. The molecule has 2 heterocycles. The van der Waals surface area contributed by atoms with Gasteiger partial charge in [-0.1, -0.05) is 5.16 Å². The van der Waals surface area contributed by atoms with E-state index in [2.05, 4.69) is 15.5 Å². The molecule has 0 unspecified atom stereocenters. The molecule has 2 aromatic rings. The van der Waals surface area contributed by atoms with Gasteiger partial charge in [-0.05, 0) is 13.8 Å². The van der Waals surface area contributed by atoms with E-state index in [1.165, 1.54) is 6.26 Å². The van der Waals surface area contributed by atoms with Gasteiger partial charge in [0.2, 0.25) is 0 Å². The first kappa shape index (κ1) is 12.2. The molecule has 0 amide bonds. The number of carbonyl (C=O) groups excluding carboxylic acids is 1. The average molecular weight is 251 g/mol. The minimum Gasteiger partial charge on any atom is -0.461 e. The first-order chi connectivity index (χ1) is 8.69.